The first-order valence-electron chi connectivity index (χ1n) is 14.3. The van der Waals surface area contributed by atoms with Crippen LogP contribution >= 0.6 is 0 Å². The molecule has 0 saturated carbocycles. The number of alkyl halides is 2. The van der Waals surface area contributed by atoms with Crippen LogP contribution in [0.15, 0.2) is 58.3 Å². The number of carbonyl (C=O) groups excluding carboxylic acids is 1. The predicted octanol–water partition coefficient (Wildman–Crippen LogP) is 5.40. The van der Waals surface area contributed by atoms with E-state index in [2.05, 4.69) is 14.2 Å². The van der Waals surface area contributed by atoms with Gasteiger partial charge in [-0.25, -0.2) is 26.3 Å². The van der Waals surface area contributed by atoms with Crippen molar-refractivity contribution in [3.63, 3.8) is 0 Å². The molecule has 1 aliphatic rings. The van der Waals surface area contributed by atoms with Crippen molar-refractivity contribution >= 4 is 26.0 Å². The van der Waals surface area contributed by atoms with Gasteiger partial charge in [-0.1, -0.05) is 59.7 Å². The molecule has 0 atom stereocenters. The highest BCUT2D eigenvalue weighted by Gasteiger charge is 2.43. The molecule has 1 amide bonds. The minimum atomic E-state index is -4.43. The molecule has 0 spiro atoms. The van der Waals surface area contributed by atoms with Crippen molar-refractivity contribution in [2.24, 2.45) is 0 Å². The fourth-order valence-electron chi connectivity index (χ4n) is 4.87. The molecular weight excluding hydrogens is 630 g/mol. The molecule has 0 aromatic heterocycles. The molecular formula is C31H38F2N2O8S2. The lowest BCUT2D eigenvalue weighted by Crippen LogP contribution is -2.32. The fourth-order valence-corrected chi connectivity index (χ4v) is 6.84. The van der Waals surface area contributed by atoms with Crippen molar-refractivity contribution in [3.8, 4) is 22.6 Å². The van der Waals surface area contributed by atoms with Crippen molar-refractivity contribution in [1.29, 1.82) is 0 Å². The molecule has 3 N–H and O–H groups in total. The molecule has 1 aliphatic heterocycles. The number of aliphatic hydroxyl groups excluding tert-OH is 1. The molecule has 0 fully saturated rings. The van der Waals surface area contributed by atoms with E-state index >= 15 is 0 Å². The maximum atomic E-state index is 13.6. The standard InChI is InChI=1S/C29H32F2N2O8S2.C2H6/c1-16(2)22-11-19(18-6-8-25-26(13-18)41-29(30,31)40-25)12-23(17(3)4)24(22)14-28(35)33-42(36,37)21-7-9-27(20(10-21)15-34)43(38,39)32-5;1-2/h6-13,16-17,32,34H,14-15H2,1-5H3,(H,33,35);1-2H3. The number of aliphatic hydroxyl groups is 1. The number of sulfonamides is 2. The number of fused-ring (bicyclic) bond motifs is 1. The lowest BCUT2D eigenvalue weighted by atomic mass is 9.84. The largest absolute Gasteiger partial charge is 0.586 e. The molecule has 45 heavy (non-hydrogen) atoms. The van der Waals surface area contributed by atoms with Gasteiger partial charge in [-0.05, 0) is 82.6 Å². The third-order valence-electron chi connectivity index (χ3n) is 6.95. The highest BCUT2D eigenvalue weighted by Crippen LogP contribution is 2.44. The summed E-state index contributed by atoms with van der Waals surface area (Å²) in [5, 5.41) is 9.66. The van der Waals surface area contributed by atoms with Crippen LogP contribution in [0, 0.1) is 0 Å². The molecule has 0 unspecified atom stereocenters. The zero-order valence-corrected chi connectivity index (χ0v) is 27.7. The maximum Gasteiger partial charge on any atom is 0.586 e. The first kappa shape index (κ1) is 35.9. The van der Waals surface area contributed by atoms with Crippen LogP contribution in [0.25, 0.3) is 11.1 Å². The molecule has 1 heterocycles. The van der Waals surface area contributed by atoms with Crippen LogP contribution < -0.4 is 18.9 Å². The Hall–Kier alpha value is -3.59. The third kappa shape index (κ3) is 7.98. The van der Waals surface area contributed by atoms with Crippen molar-refractivity contribution in [2.45, 2.75) is 82.5 Å². The Balaban J connectivity index is 0.00000271. The predicted molar refractivity (Wildman–Crippen MR) is 165 cm³/mol. The van der Waals surface area contributed by atoms with E-state index in [0.717, 1.165) is 29.3 Å². The first-order chi connectivity index (χ1) is 21.0. The monoisotopic (exact) mass is 668 g/mol. The number of hydrogen-bond donors (Lipinski definition) is 3. The summed E-state index contributed by atoms with van der Waals surface area (Å²) in [4.78, 5) is 12.5. The van der Waals surface area contributed by atoms with Gasteiger partial charge < -0.3 is 14.6 Å². The molecule has 246 valence electrons. The summed E-state index contributed by atoms with van der Waals surface area (Å²) in [6.07, 6.45) is -4.04. The Morgan fingerprint density at radius 1 is 0.844 bits per heavy atom. The second-order valence-corrected chi connectivity index (χ2v) is 14.1. The van der Waals surface area contributed by atoms with Crippen molar-refractivity contribution in [1.82, 2.24) is 9.44 Å². The second kappa shape index (κ2) is 13.8. The van der Waals surface area contributed by atoms with Crippen LogP contribution in [0.5, 0.6) is 11.5 Å². The Morgan fingerprint density at radius 3 is 1.96 bits per heavy atom. The topological polar surface area (TPSA) is 148 Å². The zero-order chi connectivity index (χ0) is 33.9. The van der Waals surface area contributed by atoms with Gasteiger partial charge in [-0.3, -0.25) is 4.79 Å². The lowest BCUT2D eigenvalue weighted by Gasteiger charge is -2.22. The normalized spacial score (nSPS) is 13.9. The quantitative estimate of drug-likeness (QED) is 0.260. The summed E-state index contributed by atoms with van der Waals surface area (Å²) in [6.45, 7) is 10.9. The SMILES string of the molecule is CC.CNS(=O)(=O)c1ccc(S(=O)(=O)NC(=O)Cc2c(C(C)C)cc(-c3ccc4c(c3)OC(F)(F)O4)cc2C(C)C)cc1CO. The summed E-state index contributed by atoms with van der Waals surface area (Å²) in [6, 6.07) is 11.2. The van der Waals surface area contributed by atoms with E-state index in [1.807, 2.05) is 58.4 Å². The molecule has 0 saturated heterocycles. The molecule has 0 aliphatic carbocycles. The van der Waals surface area contributed by atoms with E-state index in [1.165, 1.54) is 19.2 Å². The average molecular weight is 669 g/mol. The number of benzene rings is 3. The molecule has 14 heteroatoms. The zero-order valence-electron chi connectivity index (χ0n) is 26.1. The van der Waals surface area contributed by atoms with E-state index in [1.54, 1.807) is 6.07 Å². The third-order valence-corrected chi connectivity index (χ3v) is 9.84. The molecule has 10 nitrogen and oxygen atoms in total. The number of amides is 1. The number of nitrogens with one attached hydrogen (secondary N) is 2. The van der Waals surface area contributed by atoms with E-state index in [-0.39, 0.29) is 40.2 Å². The van der Waals surface area contributed by atoms with E-state index in [0.29, 0.717) is 16.7 Å². The minimum absolute atomic E-state index is 0.0826. The summed E-state index contributed by atoms with van der Waals surface area (Å²) >= 11 is 0. The Kier molecular flexibility index (Phi) is 11.0. The highest BCUT2D eigenvalue weighted by molar-refractivity contribution is 7.90. The Labute approximate surface area is 262 Å². The van der Waals surface area contributed by atoms with Gasteiger partial charge in [0.15, 0.2) is 11.5 Å². The summed E-state index contributed by atoms with van der Waals surface area (Å²) in [7, 11) is -7.21. The van der Waals surface area contributed by atoms with Gasteiger partial charge in [0.1, 0.15) is 0 Å². The van der Waals surface area contributed by atoms with Gasteiger partial charge in [-0.2, -0.15) is 0 Å². The van der Waals surface area contributed by atoms with Crippen LogP contribution in [-0.4, -0.2) is 41.2 Å². The summed E-state index contributed by atoms with van der Waals surface area (Å²) in [5.41, 5.74) is 3.28. The van der Waals surface area contributed by atoms with E-state index in [4.69, 9.17) is 0 Å². The molecule has 3 aromatic carbocycles. The number of hydrogen-bond acceptors (Lipinski definition) is 8. The molecule has 0 radical (unpaired) electrons. The van der Waals surface area contributed by atoms with Crippen LogP contribution in [0.2, 0.25) is 0 Å². The van der Waals surface area contributed by atoms with E-state index in [9.17, 15) is 35.5 Å². The fraction of sp³-hybridized carbons (Fsp3) is 0.387. The molecule has 4 rings (SSSR count). The summed E-state index contributed by atoms with van der Waals surface area (Å²) in [5.74, 6) is -1.19. The highest BCUT2D eigenvalue weighted by atomic mass is 32.2. The number of ether oxygens (including phenoxy) is 2. The van der Waals surface area contributed by atoms with Crippen LogP contribution in [-0.2, 0) is 37.9 Å². The lowest BCUT2D eigenvalue weighted by molar-refractivity contribution is -0.286. The minimum Gasteiger partial charge on any atom is -0.395 e. The van der Waals surface area contributed by atoms with Gasteiger partial charge in [0.05, 0.1) is 22.8 Å². The van der Waals surface area contributed by atoms with E-state index < -0.39 is 43.8 Å². The van der Waals surface area contributed by atoms with Crippen LogP contribution in [0.4, 0.5) is 8.78 Å². The second-order valence-electron chi connectivity index (χ2n) is 10.6. The van der Waals surface area contributed by atoms with Crippen molar-refractivity contribution in [3.05, 3.63) is 70.8 Å². The molecule has 0 bridgehead atoms. The van der Waals surface area contributed by atoms with Gasteiger partial charge in [0.2, 0.25) is 15.9 Å². The maximum absolute atomic E-state index is 13.6. The Bertz CT molecular complexity index is 1760. The summed E-state index contributed by atoms with van der Waals surface area (Å²) < 4.78 is 91.0. The van der Waals surface area contributed by atoms with Gasteiger partial charge >= 0.3 is 6.29 Å². The van der Waals surface area contributed by atoms with Crippen LogP contribution in [0.3, 0.4) is 0 Å². The Morgan fingerprint density at radius 2 is 1.42 bits per heavy atom. The van der Waals surface area contributed by atoms with Gasteiger partial charge in [0.25, 0.3) is 10.0 Å². The smallest absolute Gasteiger partial charge is 0.395 e. The first-order valence-corrected chi connectivity index (χ1v) is 17.2. The van der Waals surface area contributed by atoms with Crippen molar-refractivity contribution < 1.29 is 45.0 Å². The van der Waals surface area contributed by atoms with Crippen LogP contribution in [0.1, 0.15) is 75.6 Å². The number of rotatable bonds is 10. The van der Waals surface area contributed by atoms with Gasteiger partial charge in [0, 0.05) is 0 Å². The molecule has 3 aromatic rings. The number of halogens is 2. The van der Waals surface area contributed by atoms with Crippen molar-refractivity contribution in [2.75, 3.05) is 7.05 Å². The number of carbonyl (C=O) groups is 1. The van der Waals surface area contributed by atoms with Gasteiger partial charge in [-0.15, -0.1) is 8.78 Å². The average Bonchev–Trinajstić information content (AvgIpc) is 3.30.